The number of hydrogen-bond acceptors (Lipinski definition) is 4. The predicted molar refractivity (Wildman–Crippen MR) is 59.4 cm³/mol. The molecule has 0 spiro atoms. The van der Waals surface area contributed by atoms with Crippen molar-refractivity contribution in [3.8, 4) is 11.5 Å². The summed E-state index contributed by atoms with van der Waals surface area (Å²) in [7, 11) is 1.58. The zero-order valence-corrected chi connectivity index (χ0v) is 8.89. The van der Waals surface area contributed by atoms with E-state index in [4.69, 9.17) is 17.0 Å². The number of aromatic hydroxyl groups is 1. The van der Waals surface area contributed by atoms with E-state index in [1.807, 2.05) is 0 Å². The van der Waals surface area contributed by atoms with Gasteiger partial charge in [-0.1, -0.05) is 0 Å². The average Bonchev–Trinajstić information content (AvgIpc) is 2.65. The van der Waals surface area contributed by atoms with Crippen LogP contribution in [0.5, 0.6) is 11.5 Å². The highest BCUT2D eigenvalue weighted by Gasteiger charge is 2.21. The van der Waals surface area contributed by atoms with Crippen molar-refractivity contribution in [1.29, 1.82) is 0 Å². The molecule has 1 aromatic carbocycles. The van der Waals surface area contributed by atoms with E-state index in [-0.39, 0.29) is 11.9 Å². The Bertz CT molecular complexity index is 397. The van der Waals surface area contributed by atoms with Crippen molar-refractivity contribution in [2.75, 3.05) is 7.11 Å². The van der Waals surface area contributed by atoms with Gasteiger partial charge in [-0.25, -0.2) is 5.43 Å². The number of thiocarbonyl (C=S) groups is 1. The molecule has 6 heteroatoms. The van der Waals surface area contributed by atoms with E-state index in [9.17, 15) is 5.11 Å². The number of hydrazine groups is 1. The third-order valence-corrected chi connectivity index (χ3v) is 2.37. The third kappa shape index (κ3) is 1.95. The Balaban J connectivity index is 2.30. The number of hydrogen-bond donors (Lipinski definition) is 4. The lowest BCUT2D eigenvalue weighted by Gasteiger charge is -2.13. The van der Waals surface area contributed by atoms with Crippen molar-refractivity contribution in [2.45, 2.75) is 6.17 Å². The summed E-state index contributed by atoms with van der Waals surface area (Å²) in [5.74, 6) is 0.872. The second-order valence-corrected chi connectivity index (χ2v) is 3.51. The summed E-state index contributed by atoms with van der Waals surface area (Å²) in [6.45, 7) is 0. The topological polar surface area (TPSA) is 65.5 Å². The summed E-state index contributed by atoms with van der Waals surface area (Å²) >= 11 is 4.90. The Morgan fingerprint density at radius 2 is 2.27 bits per heavy atom. The molecule has 1 aliphatic heterocycles. The number of ether oxygens (including phenoxy) is 1. The SMILES string of the molecule is COc1ccc(O)c(C2NNC(=S)N2)c1. The van der Waals surface area contributed by atoms with E-state index in [0.717, 1.165) is 0 Å². The fourth-order valence-electron chi connectivity index (χ4n) is 1.39. The number of rotatable bonds is 2. The van der Waals surface area contributed by atoms with Gasteiger partial charge in [0.2, 0.25) is 0 Å². The van der Waals surface area contributed by atoms with E-state index < -0.39 is 0 Å². The summed E-state index contributed by atoms with van der Waals surface area (Å²) in [5.41, 5.74) is 6.33. The van der Waals surface area contributed by atoms with Crippen LogP contribution >= 0.6 is 12.2 Å². The highest BCUT2D eigenvalue weighted by Crippen LogP contribution is 2.27. The fourth-order valence-corrected chi connectivity index (χ4v) is 1.56. The molecule has 0 aliphatic carbocycles. The maximum Gasteiger partial charge on any atom is 0.182 e. The molecule has 80 valence electrons. The number of phenolic OH excluding ortho intramolecular Hbond substituents is 1. The normalized spacial score (nSPS) is 19.5. The maximum atomic E-state index is 9.67. The number of methoxy groups -OCH3 is 1. The van der Waals surface area contributed by atoms with Crippen molar-refractivity contribution in [1.82, 2.24) is 16.2 Å². The van der Waals surface area contributed by atoms with Gasteiger partial charge in [0.25, 0.3) is 0 Å². The molecular formula is C9H11N3O2S. The second kappa shape index (κ2) is 3.92. The van der Waals surface area contributed by atoms with Crippen LogP contribution in [0.25, 0.3) is 0 Å². The van der Waals surface area contributed by atoms with Crippen LogP contribution < -0.4 is 20.9 Å². The molecule has 1 atom stereocenters. The van der Waals surface area contributed by atoms with Crippen LogP contribution in [0.1, 0.15) is 11.7 Å². The summed E-state index contributed by atoms with van der Waals surface area (Å²) < 4.78 is 5.08. The van der Waals surface area contributed by atoms with Crippen LogP contribution in [-0.2, 0) is 0 Å². The molecule has 1 unspecified atom stereocenters. The number of nitrogens with one attached hydrogen (secondary N) is 3. The predicted octanol–water partition coefficient (Wildman–Crippen LogP) is 0.382. The highest BCUT2D eigenvalue weighted by atomic mass is 32.1. The number of phenols is 1. The fraction of sp³-hybridized carbons (Fsp3) is 0.222. The molecule has 2 rings (SSSR count). The van der Waals surface area contributed by atoms with Crippen molar-refractivity contribution >= 4 is 17.3 Å². The Labute approximate surface area is 92.4 Å². The summed E-state index contributed by atoms with van der Waals surface area (Å²) in [6.07, 6.45) is -0.243. The first-order valence-electron chi connectivity index (χ1n) is 4.39. The summed E-state index contributed by atoms with van der Waals surface area (Å²) in [5, 5.41) is 13.1. The Hall–Kier alpha value is -1.53. The minimum atomic E-state index is -0.243. The van der Waals surface area contributed by atoms with Crippen molar-refractivity contribution in [2.24, 2.45) is 0 Å². The zero-order valence-electron chi connectivity index (χ0n) is 8.07. The molecule has 1 heterocycles. The quantitative estimate of drug-likeness (QED) is 0.546. The van der Waals surface area contributed by atoms with Gasteiger partial charge in [0.1, 0.15) is 17.7 Å². The first kappa shape index (κ1) is 10.0. The van der Waals surface area contributed by atoms with E-state index in [2.05, 4.69) is 16.2 Å². The van der Waals surface area contributed by atoms with Crippen LogP contribution in [0.4, 0.5) is 0 Å². The second-order valence-electron chi connectivity index (χ2n) is 3.10. The van der Waals surface area contributed by atoms with Gasteiger partial charge in [-0.05, 0) is 30.4 Å². The lowest BCUT2D eigenvalue weighted by molar-refractivity contribution is 0.406. The van der Waals surface area contributed by atoms with Gasteiger partial charge in [-0.2, -0.15) is 0 Å². The largest absolute Gasteiger partial charge is 0.508 e. The van der Waals surface area contributed by atoms with Crippen LogP contribution in [0, 0.1) is 0 Å². The standard InChI is InChI=1S/C9H11N3O2S/c1-14-5-2-3-7(13)6(4-5)8-10-9(15)12-11-8/h2-4,8,11,13H,1H3,(H2,10,12,15). The molecule has 1 saturated heterocycles. The Morgan fingerprint density at radius 3 is 2.87 bits per heavy atom. The molecule has 0 bridgehead atoms. The minimum absolute atomic E-state index is 0.187. The van der Waals surface area contributed by atoms with Gasteiger partial charge in [0.15, 0.2) is 5.11 Å². The molecule has 1 aromatic rings. The number of benzene rings is 1. The molecule has 0 aromatic heterocycles. The minimum Gasteiger partial charge on any atom is -0.508 e. The molecule has 1 fully saturated rings. The van der Waals surface area contributed by atoms with E-state index in [0.29, 0.717) is 16.4 Å². The van der Waals surface area contributed by atoms with Crippen molar-refractivity contribution in [3.05, 3.63) is 23.8 Å². The molecule has 4 N–H and O–H groups in total. The van der Waals surface area contributed by atoms with Crippen LogP contribution in [0.3, 0.4) is 0 Å². The summed E-state index contributed by atoms with van der Waals surface area (Å²) in [6, 6.07) is 5.02. The first-order chi connectivity index (χ1) is 7.20. The van der Waals surface area contributed by atoms with Gasteiger partial charge >= 0.3 is 0 Å². The third-order valence-electron chi connectivity index (χ3n) is 2.15. The smallest absolute Gasteiger partial charge is 0.182 e. The van der Waals surface area contributed by atoms with Gasteiger partial charge in [-0.3, -0.25) is 5.43 Å². The highest BCUT2D eigenvalue weighted by molar-refractivity contribution is 7.80. The summed E-state index contributed by atoms with van der Waals surface area (Å²) in [4.78, 5) is 0. The molecule has 0 amide bonds. The van der Waals surface area contributed by atoms with Crippen molar-refractivity contribution < 1.29 is 9.84 Å². The molecule has 1 aliphatic rings. The van der Waals surface area contributed by atoms with Crippen LogP contribution in [-0.4, -0.2) is 17.3 Å². The first-order valence-corrected chi connectivity index (χ1v) is 4.80. The molecule has 0 saturated carbocycles. The van der Waals surface area contributed by atoms with E-state index in [1.54, 1.807) is 25.3 Å². The monoisotopic (exact) mass is 225 g/mol. The van der Waals surface area contributed by atoms with E-state index in [1.165, 1.54) is 0 Å². The lowest BCUT2D eigenvalue weighted by atomic mass is 10.1. The zero-order chi connectivity index (χ0) is 10.8. The van der Waals surface area contributed by atoms with Crippen molar-refractivity contribution in [3.63, 3.8) is 0 Å². The van der Waals surface area contributed by atoms with Gasteiger partial charge in [0.05, 0.1) is 7.11 Å². The van der Waals surface area contributed by atoms with Gasteiger partial charge in [0, 0.05) is 5.56 Å². The molecular weight excluding hydrogens is 214 g/mol. The van der Waals surface area contributed by atoms with Gasteiger partial charge in [-0.15, -0.1) is 0 Å². The van der Waals surface area contributed by atoms with Crippen LogP contribution in [0.15, 0.2) is 18.2 Å². The average molecular weight is 225 g/mol. The Kier molecular flexibility index (Phi) is 2.61. The molecule has 15 heavy (non-hydrogen) atoms. The van der Waals surface area contributed by atoms with E-state index >= 15 is 0 Å². The van der Waals surface area contributed by atoms with Gasteiger partial charge < -0.3 is 15.2 Å². The Morgan fingerprint density at radius 1 is 1.47 bits per heavy atom. The maximum absolute atomic E-state index is 9.67. The molecule has 0 radical (unpaired) electrons. The molecule has 5 nitrogen and oxygen atoms in total. The lowest BCUT2D eigenvalue weighted by Crippen LogP contribution is -2.26. The van der Waals surface area contributed by atoms with Crippen LogP contribution in [0.2, 0.25) is 0 Å².